The Balaban J connectivity index is 1.95. The van der Waals surface area contributed by atoms with Crippen LogP contribution >= 0.6 is 0 Å². The van der Waals surface area contributed by atoms with Crippen LogP contribution < -0.4 is 0 Å². The normalized spacial score (nSPS) is 30.2. The lowest BCUT2D eigenvalue weighted by molar-refractivity contribution is -0.152. The van der Waals surface area contributed by atoms with Crippen LogP contribution in [0.4, 0.5) is 0 Å². The molecule has 2 fully saturated rings. The van der Waals surface area contributed by atoms with E-state index in [1.165, 1.54) is 12.8 Å². The molecule has 2 unspecified atom stereocenters. The summed E-state index contributed by atoms with van der Waals surface area (Å²) in [5.41, 5.74) is 0. The lowest BCUT2D eigenvalue weighted by Gasteiger charge is -2.29. The maximum atomic E-state index is 11.8. The Morgan fingerprint density at radius 2 is 2.12 bits per heavy atom. The van der Waals surface area contributed by atoms with Crippen LogP contribution in [0.3, 0.4) is 0 Å². The van der Waals surface area contributed by atoms with E-state index in [0.29, 0.717) is 31.7 Å². The number of ether oxygens (including phenoxy) is 1. The van der Waals surface area contributed by atoms with Crippen LogP contribution in [0.15, 0.2) is 0 Å². The first-order valence-electron chi connectivity index (χ1n) is 6.39. The number of carbonyl (C=O) groups is 2. The lowest BCUT2D eigenvalue weighted by Crippen LogP contribution is -2.32. The van der Waals surface area contributed by atoms with Gasteiger partial charge in [-0.25, -0.2) is 0 Å². The van der Waals surface area contributed by atoms with Gasteiger partial charge in [-0.2, -0.15) is 0 Å². The van der Waals surface area contributed by atoms with Crippen molar-refractivity contribution in [3.8, 4) is 0 Å². The van der Waals surface area contributed by atoms with Crippen LogP contribution in [0, 0.1) is 17.8 Å². The van der Waals surface area contributed by atoms with Gasteiger partial charge in [0, 0.05) is 12.8 Å². The molecule has 0 heterocycles. The summed E-state index contributed by atoms with van der Waals surface area (Å²) in [5.74, 6) is 1.26. The van der Waals surface area contributed by atoms with E-state index in [9.17, 15) is 9.59 Å². The number of ketones is 1. The molecule has 16 heavy (non-hydrogen) atoms. The Morgan fingerprint density at radius 1 is 1.38 bits per heavy atom. The van der Waals surface area contributed by atoms with E-state index in [1.54, 1.807) is 0 Å². The maximum absolute atomic E-state index is 11.8. The third-order valence-electron chi connectivity index (χ3n) is 3.72. The van der Waals surface area contributed by atoms with E-state index in [-0.39, 0.29) is 17.8 Å². The predicted molar refractivity (Wildman–Crippen MR) is 59.8 cm³/mol. The van der Waals surface area contributed by atoms with Crippen molar-refractivity contribution in [1.29, 1.82) is 0 Å². The molecule has 2 aliphatic rings. The van der Waals surface area contributed by atoms with E-state index < -0.39 is 0 Å². The van der Waals surface area contributed by atoms with Crippen LogP contribution in [0.2, 0.25) is 0 Å². The number of hydrogen-bond acceptors (Lipinski definition) is 3. The van der Waals surface area contributed by atoms with Crippen molar-refractivity contribution < 1.29 is 14.3 Å². The molecule has 0 spiro atoms. The van der Waals surface area contributed by atoms with Crippen LogP contribution in [-0.4, -0.2) is 18.4 Å². The highest BCUT2D eigenvalue weighted by atomic mass is 16.5. The zero-order valence-electron chi connectivity index (χ0n) is 9.91. The van der Waals surface area contributed by atoms with Crippen LogP contribution in [0.25, 0.3) is 0 Å². The highest BCUT2D eigenvalue weighted by Gasteiger charge is 2.38. The molecule has 0 aliphatic heterocycles. The standard InChI is InChI=1S/C13H20O3/c1-2-16-13(15)12-6-5-11(14)8-10(12)7-9-3-4-9/h9-10,12H,2-8H2,1H3. The van der Waals surface area contributed by atoms with Crippen LogP contribution in [0.1, 0.15) is 45.4 Å². The number of esters is 1. The van der Waals surface area contributed by atoms with Gasteiger partial charge in [0.1, 0.15) is 5.78 Å². The monoisotopic (exact) mass is 224 g/mol. The highest BCUT2D eigenvalue weighted by Crippen LogP contribution is 2.41. The second-order valence-corrected chi connectivity index (χ2v) is 5.08. The van der Waals surface area contributed by atoms with Gasteiger partial charge in [-0.05, 0) is 31.6 Å². The molecule has 2 rings (SSSR count). The molecule has 2 aliphatic carbocycles. The molecule has 2 atom stereocenters. The van der Waals surface area contributed by atoms with Gasteiger partial charge in [-0.15, -0.1) is 0 Å². The third-order valence-corrected chi connectivity index (χ3v) is 3.72. The van der Waals surface area contributed by atoms with Gasteiger partial charge in [-0.3, -0.25) is 9.59 Å². The summed E-state index contributed by atoms with van der Waals surface area (Å²) in [5, 5.41) is 0. The molecule has 0 bridgehead atoms. The summed E-state index contributed by atoms with van der Waals surface area (Å²) in [6.45, 7) is 2.28. The smallest absolute Gasteiger partial charge is 0.309 e. The molecular weight excluding hydrogens is 204 g/mol. The number of rotatable bonds is 4. The van der Waals surface area contributed by atoms with Gasteiger partial charge in [0.05, 0.1) is 12.5 Å². The maximum Gasteiger partial charge on any atom is 0.309 e. The molecule has 0 aromatic heterocycles. The number of carbonyl (C=O) groups excluding carboxylic acids is 2. The van der Waals surface area contributed by atoms with Gasteiger partial charge in [0.2, 0.25) is 0 Å². The summed E-state index contributed by atoms with van der Waals surface area (Å²) < 4.78 is 5.10. The Labute approximate surface area is 96.5 Å². The second-order valence-electron chi connectivity index (χ2n) is 5.08. The zero-order valence-corrected chi connectivity index (χ0v) is 9.91. The van der Waals surface area contributed by atoms with Crippen molar-refractivity contribution in [2.45, 2.75) is 45.4 Å². The zero-order chi connectivity index (χ0) is 11.5. The molecule has 3 heteroatoms. The third kappa shape index (κ3) is 2.83. The first-order chi connectivity index (χ1) is 7.70. The molecule has 0 N–H and O–H groups in total. The minimum Gasteiger partial charge on any atom is -0.466 e. The summed E-state index contributed by atoms with van der Waals surface area (Å²) in [4.78, 5) is 23.2. The first-order valence-corrected chi connectivity index (χ1v) is 6.39. The fourth-order valence-corrected chi connectivity index (χ4v) is 2.68. The van der Waals surface area contributed by atoms with Crippen molar-refractivity contribution in [2.75, 3.05) is 6.61 Å². The minimum atomic E-state index is -0.0827. The van der Waals surface area contributed by atoms with Crippen LogP contribution in [-0.2, 0) is 14.3 Å². The van der Waals surface area contributed by atoms with E-state index >= 15 is 0 Å². The van der Waals surface area contributed by atoms with Crippen molar-refractivity contribution in [3.63, 3.8) is 0 Å². The number of hydrogen-bond donors (Lipinski definition) is 0. The molecule has 2 saturated carbocycles. The van der Waals surface area contributed by atoms with E-state index in [2.05, 4.69) is 0 Å². The number of Topliss-reactive ketones (excluding diaryl/α,β-unsaturated/α-hetero) is 1. The average molecular weight is 224 g/mol. The Bertz CT molecular complexity index is 281. The fourth-order valence-electron chi connectivity index (χ4n) is 2.68. The molecule has 0 amide bonds. The molecular formula is C13H20O3. The molecule has 90 valence electrons. The van der Waals surface area contributed by atoms with Gasteiger partial charge in [0.15, 0.2) is 0 Å². The summed E-state index contributed by atoms with van der Waals surface area (Å²) in [6.07, 6.45) is 5.47. The Kier molecular flexibility index (Phi) is 3.62. The quantitative estimate of drug-likeness (QED) is 0.688. The SMILES string of the molecule is CCOC(=O)C1CCC(=O)CC1CC1CC1. The van der Waals surface area contributed by atoms with Crippen molar-refractivity contribution in [2.24, 2.45) is 17.8 Å². The van der Waals surface area contributed by atoms with Gasteiger partial charge >= 0.3 is 5.97 Å². The summed E-state index contributed by atoms with van der Waals surface area (Å²) in [7, 11) is 0. The molecule has 3 nitrogen and oxygen atoms in total. The second kappa shape index (κ2) is 4.98. The fraction of sp³-hybridized carbons (Fsp3) is 0.846. The molecule has 0 aromatic rings. The minimum absolute atomic E-state index is 0.0155. The van der Waals surface area contributed by atoms with Crippen LogP contribution in [0.5, 0.6) is 0 Å². The lowest BCUT2D eigenvalue weighted by atomic mass is 9.76. The highest BCUT2D eigenvalue weighted by molar-refractivity contribution is 5.83. The van der Waals surface area contributed by atoms with Crippen molar-refractivity contribution >= 4 is 11.8 Å². The van der Waals surface area contributed by atoms with E-state index in [4.69, 9.17) is 4.74 Å². The van der Waals surface area contributed by atoms with E-state index in [0.717, 1.165) is 12.3 Å². The summed E-state index contributed by atoms with van der Waals surface area (Å²) >= 11 is 0. The van der Waals surface area contributed by atoms with Crippen molar-refractivity contribution in [1.82, 2.24) is 0 Å². The largest absolute Gasteiger partial charge is 0.466 e. The van der Waals surface area contributed by atoms with Crippen molar-refractivity contribution in [3.05, 3.63) is 0 Å². The topological polar surface area (TPSA) is 43.4 Å². The first kappa shape index (κ1) is 11.6. The van der Waals surface area contributed by atoms with E-state index in [1.807, 2.05) is 6.92 Å². The Hall–Kier alpha value is -0.860. The summed E-state index contributed by atoms with van der Waals surface area (Å²) in [6, 6.07) is 0. The average Bonchev–Trinajstić information content (AvgIpc) is 3.02. The van der Waals surface area contributed by atoms with Gasteiger partial charge < -0.3 is 4.74 Å². The molecule has 0 saturated heterocycles. The van der Waals surface area contributed by atoms with Gasteiger partial charge in [0.25, 0.3) is 0 Å². The molecule has 0 aromatic carbocycles. The Morgan fingerprint density at radius 3 is 2.75 bits per heavy atom. The predicted octanol–water partition coefficient (Wildman–Crippen LogP) is 2.33. The molecule has 0 radical (unpaired) electrons. The van der Waals surface area contributed by atoms with Gasteiger partial charge in [-0.1, -0.05) is 12.8 Å².